The maximum absolute atomic E-state index is 5.83. The SMILES string of the molecule is CCC[CH2][Sn]([CH]=C=C(C)[C@H](Cc1ccccc1)OC)([CH2]CCC)[CH2]CCC. The van der Waals surface area contributed by atoms with Crippen molar-refractivity contribution < 1.29 is 4.74 Å². The first-order valence-corrected chi connectivity index (χ1v) is 18.8. The van der Waals surface area contributed by atoms with Crippen molar-refractivity contribution in [2.45, 2.75) is 92.1 Å². The fourth-order valence-corrected chi connectivity index (χ4v) is 17.7. The van der Waals surface area contributed by atoms with Gasteiger partial charge >= 0.3 is 174 Å². The molecule has 1 nitrogen and oxygen atoms in total. The van der Waals surface area contributed by atoms with E-state index in [9.17, 15) is 0 Å². The Balaban J connectivity index is 3.05. The monoisotopic (exact) mass is 478 g/mol. The Morgan fingerprint density at radius 2 is 1.48 bits per heavy atom. The van der Waals surface area contributed by atoms with Crippen molar-refractivity contribution in [3.8, 4) is 0 Å². The molecule has 0 aliphatic carbocycles. The molecular formula is C25H42OSn. The molecule has 0 unspecified atom stereocenters. The number of ether oxygens (including phenoxy) is 1. The normalized spacial score (nSPS) is 12.5. The van der Waals surface area contributed by atoms with Crippen molar-refractivity contribution in [3.63, 3.8) is 0 Å². The second-order valence-corrected chi connectivity index (χ2v) is 20.9. The minimum absolute atomic E-state index is 0.135. The fourth-order valence-electron chi connectivity index (χ4n) is 3.78. The van der Waals surface area contributed by atoms with Crippen LogP contribution in [-0.2, 0) is 11.2 Å². The second-order valence-electron chi connectivity index (χ2n) is 8.06. The quantitative estimate of drug-likeness (QED) is 0.197. The molecule has 0 fully saturated rings. The van der Waals surface area contributed by atoms with E-state index in [0.717, 1.165) is 6.42 Å². The first-order valence-electron chi connectivity index (χ1n) is 11.1. The average molecular weight is 477 g/mol. The fraction of sp³-hybridized carbons (Fsp3) is 0.640. The van der Waals surface area contributed by atoms with E-state index in [1.54, 1.807) is 0 Å². The van der Waals surface area contributed by atoms with Crippen molar-refractivity contribution in [3.05, 3.63) is 51.3 Å². The van der Waals surface area contributed by atoms with Crippen molar-refractivity contribution in [1.82, 2.24) is 0 Å². The maximum atomic E-state index is 5.83. The summed E-state index contributed by atoms with van der Waals surface area (Å²) in [6.45, 7) is 9.22. The molecule has 152 valence electrons. The molecule has 0 saturated heterocycles. The van der Waals surface area contributed by atoms with Crippen LogP contribution in [0.25, 0.3) is 0 Å². The molecule has 0 N–H and O–H groups in total. The van der Waals surface area contributed by atoms with Gasteiger partial charge in [0.15, 0.2) is 0 Å². The molecule has 0 aliphatic rings. The van der Waals surface area contributed by atoms with Gasteiger partial charge in [-0.3, -0.25) is 0 Å². The Kier molecular flexibility index (Phi) is 13.2. The predicted octanol–water partition coefficient (Wildman–Crippen LogP) is 7.73. The number of hydrogen-bond donors (Lipinski definition) is 0. The molecule has 2 heteroatoms. The van der Waals surface area contributed by atoms with E-state index in [4.69, 9.17) is 4.74 Å². The zero-order valence-electron chi connectivity index (χ0n) is 18.5. The van der Waals surface area contributed by atoms with Gasteiger partial charge in [-0.05, 0) is 0 Å². The summed E-state index contributed by atoms with van der Waals surface area (Å²) >= 11 is -2.25. The summed E-state index contributed by atoms with van der Waals surface area (Å²) < 4.78 is 13.0. The zero-order valence-corrected chi connectivity index (χ0v) is 21.4. The van der Waals surface area contributed by atoms with Gasteiger partial charge in [0.05, 0.1) is 0 Å². The number of rotatable bonds is 14. The third kappa shape index (κ3) is 9.50. The zero-order chi connectivity index (χ0) is 20.0. The third-order valence-electron chi connectivity index (χ3n) is 5.72. The number of hydrogen-bond acceptors (Lipinski definition) is 1. The van der Waals surface area contributed by atoms with Crippen LogP contribution in [0.1, 0.15) is 71.8 Å². The minimum atomic E-state index is -2.25. The van der Waals surface area contributed by atoms with Crippen LogP contribution in [0.2, 0.25) is 13.3 Å². The van der Waals surface area contributed by atoms with E-state index >= 15 is 0 Å². The standard InChI is InChI=1S/C13H15O.3C4H9.Sn/c1-4-11(2)13(14-3)10-12-8-6-5-7-9-12;3*1-3-4-2;/h1,5-9,13H,10H2,2-3H3;3*1,3-4H2,2H3;/t4?,13-;;;;/m0..../s1. The third-order valence-corrected chi connectivity index (χ3v) is 19.4. The van der Waals surface area contributed by atoms with Crippen LogP contribution < -0.4 is 0 Å². The van der Waals surface area contributed by atoms with Crippen LogP contribution in [0.4, 0.5) is 0 Å². The summed E-state index contributed by atoms with van der Waals surface area (Å²) in [5.41, 5.74) is 6.39. The first-order chi connectivity index (χ1) is 13.1. The number of unbranched alkanes of at least 4 members (excludes halogenated alkanes) is 3. The molecule has 0 aliphatic heterocycles. The van der Waals surface area contributed by atoms with Gasteiger partial charge in [-0.1, -0.05) is 0 Å². The van der Waals surface area contributed by atoms with Crippen molar-refractivity contribution in [1.29, 1.82) is 0 Å². The Morgan fingerprint density at radius 3 is 1.93 bits per heavy atom. The van der Waals surface area contributed by atoms with E-state index in [-0.39, 0.29) is 6.10 Å². The van der Waals surface area contributed by atoms with Gasteiger partial charge < -0.3 is 0 Å². The van der Waals surface area contributed by atoms with Crippen LogP contribution in [0, 0.1) is 0 Å². The van der Waals surface area contributed by atoms with Gasteiger partial charge in [-0.2, -0.15) is 0 Å². The molecule has 27 heavy (non-hydrogen) atoms. The molecule has 1 aromatic rings. The van der Waals surface area contributed by atoms with Crippen molar-refractivity contribution >= 4 is 18.4 Å². The molecule has 0 aromatic heterocycles. The van der Waals surface area contributed by atoms with Crippen LogP contribution in [0.5, 0.6) is 0 Å². The molecule has 0 saturated carbocycles. The summed E-state index contributed by atoms with van der Waals surface area (Å²) in [6.07, 6.45) is 9.24. The van der Waals surface area contributed by atoms with E-state index in [1.165, 1.54) is 63.0 Å². The molecule has 0 bridgehead atoms. The number of methoxy groups -OCH3 is 1. The van der Waals surface area contributed by atoms with Gasteiger partial charge in [0, 0.05) is 0 Å². The molecular weight excluding hydrogens is 435 g/mol. The molecule has 0 heterocycles. The molecule has 1 atom stereocenters. The van der Waals surface area contributed by atoms with Gasteiger partial charge in [-0.25, -0.2) is 0 Å². The van der Waals surface area contributed by atoms with Crippen LogP contribution >= 0.6 is 0 Å². The van der Waals surface area contributed by atoms with Crippen LogP contribution in [0.3, 0.4) is 0 Å². The van der Waals surface area contributed by atoms with Gasteiger partial charge in [0.25, 0.3) is 0 Å². The number of benzene rings is 1. The van der Waals surface area contributed by atoms with Crippen LogP contribution in [0.15, 0.2) is 45.7 Å². The molecule has 1 rings (SSSR count). The predicted molar refractivity (Wildman–Crippen MR) is 123 cm³/mol. The van der Waals surface area contributed by atoms with Crippen LogP contribution in [-0.4, -0.2) is 31.6 Å². The summed E-state index contributed by atoms with van der Waals surface area (Å²) in [6, 6.07) is 10.7. The summed E-state index contributed by atoms with van der Waals surface area (Å²) in [5, 5.41) is 0. The van der Waals surface area contributed by atoms with Crippen molar-refractivity contribution in [2.24, 2.45) is 0 Å². The second kappa shape index (κ2) is 14.5. The van der Waals surface area contributed by atoms with E-state index in [2.05, 4.69) is 67.8 Å². The average Bonchev–Trinajstić information content (AvgIpc) is 2.71. The van der Waals surface area contributed by atoms with E-state index in [1.807, 2.05) is 7.11 Å². The Labute approximate surface area is 173 Å². The molecule has 1 aromatic carbocycles. The van der Waals surface area contributed by atoms with E-state index in [0.29, 0.717) is 0 Å². The molecule has 0 spiro atoms. The Hall–Kier alpha value is -0.501. The first kappa shape index (κ1) is 24.5. The van der Waals surface area contributed by atoms with Gasteiger partial charge in [-0.15, -0.1) is 0 Å². The van der Waals surface area contributed by atoms with Gasteiger partial charge in [0.1, 0.15) is 0 Å². The topological polar surface area (TPSA) is 9.23 Å². The summed E-state index contributed by atoms with van der Waals surface area (Å²) in [7, 11) is 1.83. The summed E-state index contributed by atoms with van der Waals surface area (Å²) in [5.74, 6) is 0. The molecule has 0 amide bonds. The van der Waals surface area contributed by atoms with E-state index < -0.39 is 18.4 Å². The Bertz CT molecular complexity index is 535. The Morgan fingerprint density at radius 1 is 0.963 bits per heavy atom. The van der Waals surface area contributed by atoms with Gasteiger partial charge in [0.2, 0.25) is 0 Å². The molecule has 0 radical (unpaired) electrons. The van der Waals surface area contributed by atoms with Crippen molar-refractivity contribution in [2.75, 3.05) is 7.11 Å². The summed E-state index contributed by atoms with van der Waals surface area (Å²) in [4.78, 5) is 0.